The van der Waals surface area contributed by atoms with Crippen molar-refractivity contribution in [2.75, 3.05) is 19.0 Å². The Bertz CT molecular complexity index is 349. The van der Waals surface area contributed by atoms with Crippen LogP contribution in [0.25, 0.3) is 4.98 Å². The fourth-order valence-corrected chi connectivity index (χ4v) is 0.817. The number of nitrogens with zero attached hydrogens (tertiary/aromatic N) is 3. The van der Waals surface area contributed by atoms with E-state index in [-0.39, 0.29) is 0 Å². The van der Waals surface area contributed by atoms with E-state index in [1.807, 2.05) is 31.1 Å². The first-order valence-electron chi connectivity index (χ1n) is 3.98. The maximum Gasteiger partial charge on any atom is 0.385 e. The lowest BCUT2D eigenvalue weighted by atomic mass is 10.3. The van der Waals surface area contributed by atoms with Crippen LogP contribution in [-0.2, 0) is 0 Å². The molecule has 0 spiro atoms. The maximum absolute atomic E-state index is 8.49. The Hall–Kier alpha value is -1.43. The highest BCUT2D eigenvalue weighted by atomic mass is 35.7. The van der Waals surface area contributed by atoms with Gasteiger partial charge in [0, 0.05) is 31.9 Å². The normalized spacial score (nSPS) is 9.81. The summed E-state index contributed by atoms with van der Waals surface area (Å²) in [4.78, 5) is 5.04. The van der Waals surface area contributed by atoms with Crippen LogP contribution in [0.5, 0.6) is 0 Å². The molecule has 0 saturated heterocycles. The summed E-state index contributed by atoms with van der Waals surface area (Å²) in [6, 6.07) is 7.31. The molecule has 0 aliphatic heterocycles. The second-order valence-electron chi connectivity index (χ2n) is 2.89. The number of diazo groups is 1. The molecular formula is C8H10ClN3O4. The molecule has 8 heteroatoms. The fraction of sp³-hybridized carbons (Fsp3) is 0.250. The molecule has 88 valence electrons. The van der Waals surface area contributed by atoms with E-state index in [4.69, 9.17) is 24.0 Å². The highest BCUT2D eigenvalue weighted by molar-refractivity contribution is 5.54. The number of anilines is 1. The molecule has 16 heavy (non-hydrogen) atoms. The summed E-state index contributed by atoms with van der Waals surface area (Å²) in [6.45, 7) is 0. The molecule has 0 heterocycles. The largest absolute Gasteiger partial charge is 0.385 e. The number of hydrogen-bond acceptors (Lipinski definition) is 6. The van der Waals surface area contributed by atoms with Crippen molar-refractivity contribution in [3.05, 3.63) is 29.2 Å². The predicted molar refractivity (Wildman–Crippen MR) is 45.5 cm³/mol. The van der Waals surface area contributed by atoms with Crippen molar-refractivity contribution in [3.63, 3.8) is 0 Å². The molecule has 1 aromatic carbocycles. The lowest BCUT2D eigenvalue weighted by molar-refractivity contribution is -2.00. The average molecular weight is 248 g/mol. The molecule has 0 atom stereocenters. The third-order valence-corrected chi connectivity index (χ3v) is 1.48. The van der Waals surface area contributed by atoms with Gasteiger partial charge in [-0.2, -0.15) is 0 Å². The smallest absolute Gasteiger partial charge is 0.378 e. The van der Waals surface area contributed by atoms with Gasteiger partial charge in [-0.3, -0.25) is 0 Å². The van der Waals surface area contributed by atoms with Gasteiger partial charge in [0.1, 0.15) is 0 Å². The lowest BCUT2D eigenvalue weighted by Crippen LogP contribution is -2.68. The third kappa shape index (κ3) is 7.93. The molecule has 0 unspecified atom stereocenters. The zero-order valence-electron chi connectivity index (χ0n) is 8.66. The van der Waals surface area contributed by atoms with Gasteiger partial charge in [0.15, 0.2) is 4.98 Å². The second-order valence-corrected chi connectivity index (χ2v) is 3.64. The Balaban J connectivity index is 0.000000385. The van der Waals surface area contributed by atoms with Crippen LogP contribution in [0.15, 0.2) is 24.3 Å². The molecule has 0 bridgehead atoms. The van der Waals surface area contributed by atoms with E-state index < -0.39 is 10.2 Å². The molecule has 1 aromatic rings. The summed E-state index contributed by atoms with van der Waals surface area (Å²) < 4.78 is 34.0. The van der Waals surface area contributed by atoms with Gasteiger partial charge in [-0.15, -0.1) is 10.2 Å². The SMILES string of the molecule is CN(C)c1ccc([N+]#N)cc1.[O-][Cl+3]([O-])([O-])[O-]. The Kier molecular flexibility index (Phi) is 5.66. The highest BCUT2D eigenvalue weighted by Crippen LogP contribution is 2.17. The van der Waals surface area contributed by atoms with Crippen molar-refractivity contribution < 1.29 is 28.9 Å². The van der Waals surface area contributed by atoms with Crippen LogP contribution in [0.1, 0.15) is 0 Å². The van der Waals surface area contributed by atoms with E-state index in [0.29, 0.717) is 5.69 Å². The molecule has 0 aliphatic carbocycles. The molecule has 7 nitrogen and oxygen atoms in total. The maximum atomic E-state index is 8.49. The Morgan fingerprint density at radius 3 is 1.69 bits per heavy atom. The molecule has 0 N–H and O–H groups in total. The zero-order chi connectivity index (χ0) is 12.8. The van der Waals surface area contributed by atoms with Gasteiger partial charge in [-0.1, -0.05) is 0 Å². The van der Waals surface area contributed by atoms with Crippen LogP contribution in [0.4, 0.5) is 11.4 Å². The lowest BCUT2D eigenvalue weighted by Gasteiger charge is -2.17. The summed E-state index contributed by atoms with van der Waals surface area (Å²) in [5.41, 5.74) is 1.67. The first-order valence-corrected chi connectivity index (χ1v) is 5.21. The predicted octanol–water partition coefficient (Wildman–Crippen LogP) is -2.52. The molecule has 0 aromatic heterocycles. The molecule has 0 fully saturated rings. The van der Waals surface area contributed by atoms with E-state index in [1.54, 1.807) is 12.1 Å². The summed E-state index contributed by atoms with van der Waals surface area (Å²) in [5, 5.41) is 8.38. The van der Waals surface area contributed by atoms with Gasteiger partial charge in [-0.05, 0) is 12.1 Å². The number of hydrogen-bond donors (Lipinski definition) is 0. The molecule has 0 saturated carbocycles. The second kappa shape index (κ2) is 6.22. The Morgan fingerprint density at radius 1 is 1.06 bits per heavy atom. The van der Waals surface area contributed by atoms with Crippen LogP contribution in [0.2, 0.25) is 0 Å². The van der Waals surface area contributed by atoms with E-state index in [9.17, 15) is 0 Å². The molecule has 0 radical (unpaired) electrons. The van der Waals surface area contributed by atoms with Gasteiger partial charge in [0.2, 0.25) is 5.39 Å². The van der Waals surface area contributed by atoms with Crippen molar-refractivity contribution in [2.24, 2.45) is 0 Å². The van der Waals surface area contributed by atoms with Crippen LogP contribution in [0, 0.1) is 15.6 Å². The Labute approximate surface area is 94.5 Å². The van der Waals surface area contributed by atoms with Gasteiger partial charge < -0.3 is 4.90 Å². The summed E-state index contributed by atoms with van der Waals surface area (Å²) >= 11 is 0. The van der Waals surface area contributed by atoms with Crippen LogP contribution >= 0.6 is 0 Å². The van der Waals surface area contributed by atoms with Crippen LogP contribution in [0.3, 0.4) is 0 Å². The van der Waals surface area contributed by atoms with E-state index in [1.165, 1.54) is 0 Å². The summed E-state index contributed by atoms with van der Waals surface area (Å²) in [7, 11) is -1.02. The standard InChI is InChI=1S/C8H10N3.ClHO4/c1-11(2)8-5-3-7(10-9)4-6-8;2-1(3,4)5/h3-6H,1-2H3;(H,2,3,4,5)/q+1;/p-1. The van der Waals surface area contributed by atoms with Crippen molar-refractivity contribution >= 4 is 11.4 Å². The minimum Gasteiger partial charge on any atom is -0.378 e. The van der Waals surface area contributed by atoms with Crippen molar-refractivity contribution in [1.82, 2.24) is 0 Å². The molecule has 1 rings (SSSR count). The van der Waals surface area contributed by atoms with E-state index in [2.05, 4.69) is 4.98 Å². The first-order chi connectivity index (χ1) is 7.24. The van der Waals surface area contributed by atoms with E-state index >= 15 is 0 Å². The third-order valence-electron chi connectivity index (χ3n) is 1.48. The van der Waals surface area contributed by atoms with Crippen molar-refractivity contribution in [2.45, 2.75) is 0 Å². The number of benzene rings is 1. The number of halogens is 1. The van der Waals surface area contributed by atoms with E-state index in [0.717, 1.165) is 5.69 Å². The Morgan fingerprint density at radius 2 is 1.44 bits per heavy atom. The fourth-order valence-electron chi connectivity index (χ4n) is 0.817. The summed E-state index contributed by atoms with van der Waals surface area (Å²) in [6.07, 6.45) is 0. The van der Waals surface area contributed by atoms with Crippen molar-refractivity contribution in [1.29, 1.82) is 5.39 Å². The van der Waals surface area contributed by atoms with Crippen LogP contribution in [-0.4, -0.2) is 14.1 Å². The minimum absolute atomic E-state index is 0.579. The topological polar surface area (TPSA) is 124 Å². The van der Waals surface area contributed by atoms with Gasteiger partial charge in [-0.25, -0.2) is 18.6 Å². The quantitative estimate of drug-likeness (QED) is 0.505. The highest BCUT2D eigenvalue weighted by Gasteiger charge is 2.02. The minimum atomic E-state index is -4.94. The van der Waals surface area contributed by atoms with Gasteiger partial charge in [0.05, 0.1) is 0 Å². The monoisotopic (exact) mass is 247 g/mol. The molecule has 0 aliphatic rings. The summed E-state index contributed by atoms with van der Waals surface area (Å²) in [5.74, 6) is 0. The van der Waals surface area contributed by atoms with Crippen LogP contribution < -0.4 is 23.5 Å². The molecular weight excluding hydrogens is 238 g/mol. The zero-order valence-corrected chi connectivity index (χ0v) is 9.42. The van der Waals surface area contributed by atoms with Gasteiger partial charge >= 0.3 is 5.69 Å². The number of rotatable bonds is 1. The average Bonchev–Trinajstić information content (AvgIpc) is 2.15. The van der Waals surface area contributed by atoms with Gasteiger partial charge in [0.25, 0.3) is 0 Å². The first kappa shape index (κ1) is 14.6. The molecule has 0 amide bonds. The van der Waals surface area contributed by atoms with Crippen molar-refractivity contribution in [3.8, 4) is 0 Å².